The van der Waals surface area contributed by atoms with Crippen LogP contribution in [0.4, 0.5) is 0 Å². The van der Waals surface area contributed by atoms with Crippen LogP contribution in [0, 0.1) is 0 Å². The van der Waals surface area contributed by atoms with Crippen molar-refractivity contribution >= 4 is 37.2 Å². The lowest BCUT2D eigenvalue weighted by atomic mass is 10.2. The Hall–Kier alpha value is -0.360. The minimum absolute atomic E-state index is 0.0848. The molecular formula is C6H10O4S2. The van der Waals surface area contributed by atoms with E-state index in [-0.39, 0.29) is 12.8 Å². The number of thiol groups is 2. The maximum atomic E-state index is 10.3. The topological polar surface area (TPSA) is 74.6 Å². The first-order chi connectivity index (χ1) is 5.45. The molecule has 0 fully saturated rings. The minimum atomic E-state index is -1.08. The van der Waals surface area contributed by atoms with Crippen molar-refractivity contribution < 1.29 is 19.8 Å². The standard InChI is InChI=1S/C6H10O4S2/c7-4(8)2-1-3(11)5(12)6(9)10/h3,5,11-12H,1-2H2,(H,7,8)(H,9,10). The van der Waals surface area contributed by atoms with Gasteiger partial charge in [0.25, 0.3) is 0 Å². The Morgan fingerprint density at radius 2 is 1.75 bits per heavy atom. The lowest BCUT2D eigenvalue weighted by Gasteiger charge is -2.12. The fraction of sp³-hybridized carbons (Fsp3) is 0.667. The van der Waals surface area contributed by atoms with Crippen molar-refractivity contribution in [1.29, 1.82) is 0 Å². The predicted octanol–water partition coefficient (Wildman–Crippen LogP) is 0.533. The summed E-state index contributed by atoms with van der Waals surface area (Å²) in [5, 5.41) is 15.3. The van der Waals surface area contributed by atoms with E-state index in [9.17, 15) is 9.59 Å². The summed E-state index contributed by atoms with van der Waals surface area (Å²) in [4.78, 5) is 20.4. The van der Waals surface area contributed by atoms with E-state index in [0.29, 0.717) is 0 Å². The lowest BCUT2D eigenvalue weighted by Crippen LogP contribution is -2.25. The van der Waals surface area contributed by atoms with Crippen LogP contribution >= 0.6 is 25.3 Å². The van der Waals surface area contributed by atoms with Gasteiger partial charge in [0.1, 0.15) is 5.25 Å². The van der Waals surface area contributed by atoms with Crippen molar-refractivity contribution in [2.24, 2.45) is 0 Å². The molecule has 70 valence electrons. The van der Waals surface area contributed by atoms with E-state index in [0.717, 1.165) is 0 Å². The maximum absolute atomic E-state index is 10.3. The first-order valence-corrected chi connectivity index (χ1v) is 4.29. The van der Waals surface area contributed by atoms with Crippen LogP contribution < -0.4 is 0 Å². The van der Waals surface area contributed by atoms with Gasteiger partial charge in [-0.3, -0.25) is 9.59 Å². The van der Waals surface area contributed by atoms with Gasteiger partial charge in [-0.15, -0.1) is 0 Å². The van der Waals surface area contributed by atoms with Crippen molar-refractivity contribution in [3.8, 4) is 0 Å². The molecule has 0 bridgehead atoms. The first-order valence-electron chi connectivity index (χ1n) is 3.26. The second-order valence-corrected chi connectivity index (χ2v) is 3.50. The molecule has 0 radical (unpaired) electrons. The molecule has 0 saturated heterocycles. The van der Waals surface area contributed by atoms with Gasteiger partial charge in [-0.25, -0.2) is 0 Å². The fourth-order valence-corrected chi connectivity index (χ4v) is 1.000. The average Bonchev–Trinajstić information content (AvgIpc) is 1.98. The zero-order chi connectivity index (χ0) is 9.72. The third-order valence-corrected chi connectivity index (χ3v) is 2.64. The fourth-order valence-electron chi connectivity index (χ4n) is 0.594. The highest BCUT2D eigenvalue weighted by Crippen LogP contribution is 2.14. The molecule has 0 aromatic carbocycles. The lowest BCUT2D eigenvalue weighted by molar-refractivity contribution is -0.138. The molecule has 2 atom stereocenters. The molecule has 6 heteroatoms. The van der Waals surface area contributed by atoms with E-state index >= 15 is 0 Å². The molecule has 0 aliphatic carbocycles. The smallest absolute Gasteiger partial charge is 0.317 e. The Balaban J connectivity index is 3.79. The highest BCUT2D eigenvalue weighted by molar-refractivity contribution is 7.85. The monoisotopic (exact) mass is 210 g/mol. The molecule has 0 saturated carbocycles. The Morgan fingerprint density at radius 3 is 2.08 bits per heavy atom. The van der Waals surface area contributed by atoms with Crippen molar-refractivity contribution in [2.75, 3.05) is 0 Å². The van der Waals surface area contributed by atoms with Crippen LogP contribution in [0.3, 0.4) is 0 Å². The number of hydrogen-bond acceptors (Lipinski definition) is 4. The molecule has 2 unspecified atom stereocenters. The number of rotatable bonds is 5. The van der Waals surface area contributed by atoms with Gasteiger partial charge in [0, 0.05) is 11.7 Å². The second-order valence-electron chi connectivity index (χ2n) is 2.28. The molecule has 12 heavy (non-hydrogen) atoms. The summed E-state index contributed by atoms with van der Waals surface area (Å²) in [6, 6.07) is 0. The summed E-state index contributed by atoms with van der Waals surface area (Å²) in [6.07, 6.45) is 0.122. The van der Waals surface area contributed by atoms with Crippen LogP contribution in [0.1, 0.15) is 12.8 Å². The van der Waals surface area contributed by atoms with Crippen LogP contribution in [0.2, 0.25) is 0 Å². The molecule has 0 heterocycles. The molecule has 0 spiro atoms. The highest BCUT2D eigenvalue weighted by Gasteiger charge is 2.21. The zero-order valence-corrected chi connectivity index (χ0v) is 7.96. The van der Waals surface area contributed by atoms with E-state index in [4.69, 9.17) is 10.2 Å². The third kappa shape index (κ3) is 4.50. The molecule has 4 nitrogen and oxygen atoms in total. The molecule has 0 amide bonds. The molecule has 0 aromatic heterocycles. The highest BCUT2D eigenvalue weighted by atomic mass is 32.1. The predicted molar refractivity (Wildman–Crippen MR) is 50.1 cm³/mol. The minimum Gasteiger partial charge on any atom is -0.481 e. The average molecular weight is 210 g/mol. The van der Waals surface area contributed by atoms with Crippen LogP contribution in [-0.4, -0.2) is 32.7 Å². The third-order valence-electron chi connectivity index (χ3n) is 1.27. The SMILES string of the molecule is O=C(O)CCC(S)C(S)C(=O)O. The van der Waals surface area contributed by atoms with Gasteiger partial charge < -0.3 is 10.2 Å². The van der Waals surface area contributed by atoms with Gasteiger partial charge in [-0.1, -0.05) is 0 Å². The Bertz CT molecular complexity index is 182. The van der Waals surface area contributed by atoms with Gasteiger partial charge in [0.15, 0.2) is 0 Å². The molecular weight excluding hydrogens is 200 g/mol. The number of hydrogen-bond donors (Lipinski definition) is 4. The number of carbonyl (C=O) groups is 2. The van der Waals surface area contributed by atoms with E-state index < -0.39 is 22.4 Å². The number of carboxylic acids is 2. The van der Waals surface area contributed by atoms with Crippen molar-refractivity contribution in [3.63, 3.8) is 0 Å². The van der Waals surface area contributed by atoms with Crippen LogP contribution in [0.25, 0.3) is 0 Å². The summed E-state index contributed by atoms with van der Waals surface area (Å²) < 4.78 is 0. The van der Waals surface area contributed by atoms with Crippen molar-refractivity contribution in [2.45, 2.75) is 23.3 Å². The summed E-state index contributed by atoms with van der Waals surface area (Å²) in [5.74, 6) is -2.04. The zero-order valence-electron chi connectivity index (χ0n) is 6.17. The van der Waals surface area contributed by atoms with E-state index in [1.165, 1.54) is 0 Å². The first kappa shape index (κ1) is 11.6. The maximum Gasteiger partial charge on any atom is 0.317 e. The van der Waals surface area contributed by atoms with Crippen LogP contribution in [0.5, 0.6) is 0 Å². The van der Waals surface area contributed by atoms with Crippen LogP contribution in [-0.2, 0) is 9.59 Å². The normalized spacial score (nSPS) is 15.2. The molecule has 0 aliphatic rings. The van der Waals surface area contributed by atoms with Gasteiger partial charge in [0.05, 0.1) is 0 Å². The summed E-state index contributed by atoms with van der Waals surface area (Å²) in [5.41, 5.74) is 0. The quantitative estimate of drug-likeness (QED) is 0.499. The largest absolute Gasteiger partial charge is 0.481 e. The molecule has 0 aromatic rings. The Labute approximate surface area is 80.8 Å². The van der Waals surface area contributed by atoms with Gasteiger partial charge in [-0.2, -0.15) is 25.3 Å². The summed E-state index contributed by atoms with van der Waals surface area (Å²) in [6.45, 7) is 0. The van der Waals surface area contributed by atoms with E-state index in [1.807, 2.05) is 0 Å². The Kier molecular flexibility index (Phi) is 5.16. The summed E-state index contributed by atoms with van der Waals surface area (Å²) in [7, 11) is 0. The van der Waals surface area contributed by atoms with Crippen molar-refractivity contribution in [3.05, 3.63) is 0 Å². The number of carboxylic acid groups (broad SMARTS) is 2. The van der Waals surface area contributed by atoms with Crippen LogP contribution in [0.15, 0.2) is 0 Å². The van der Waals surface area contributed by atoms with E-state index in [1.54, 1.807) is 0 Å². The van der Waals surface area contributed by atoms with Crippen molar-refractivity contribution in [1.82, 2.24) is 0 Å². The van der Waals surface area contributed by atoms with Gasteiger partial charge in [0.2, 0.25) is 0 Å². The molecule has 0 rings (SSSR count). The summed E-state index contributed by atoms with van der Waals surface area (Å²) >= 11 is 7.67. The Morgan fingerprint density at radius 1 is 1.25 bits per heavy atom. The number of aliphatic carboxylic acids is 2. The molecule has 2 N–H and O–H groups in total. The van der Waals surface area contributed by atoms with E-state index in [2.05, 4.69) is 25.3 Å². The molecule has 0 aliphatic heterocycles. The second kappa shape index (κ2) is 5.31. The van der Waals surface area contributed by atoms with Gasteiger partial charge in [-0.05, 0) is 6.42 Å². The van der Waals surface area contributed by atoms with Gasteiger partial charge >= 0.3 is 11.9 Å².